The number of pyridine rings is 1. The standard InChI is InChI=1S/C18H17ClN2O2/c1-18(15-6-5-10(19)7-21-15)22-14-4-2-3-11(17(14)23-18)16-12-8-20-9-13(12)16/h2-7,12-13,16,20H,8-9H2,1H3. The molecule has 5 rings (SSSR count). The van der Waals surface area contributed by atoms with Crippen molar-refractivity contribution in [3.63, 3.8) is 0 Å². The van der Waals surface area contributed by atoms with Gasteiger partial charge in [-0.25, -0.2) is 0 Å². The largest absolute Gasteiger partial charge is 0.443 e. The fourth-order valence-electron chi connectivity index (χ4n) is 4.04. The first-order valence-electron chi connectivity index (χ1n) is 7.99. The number of nitrogens with zero attached hydrogens (tertiary/aromatic N) is 1. The molecule has 5 heteroatoms. The Morgan fingerprint density at radius 1 is 1.17 bits per heavy atom. The number of ether oxygens (including phenoxy) is 2. The van der Waals surface area contributed by atoms with E-state index in [1.54, 1.807) is 6.20 Å². The van der Waals surface area contributed by atoms with Crippen molar-refractivity contribution < 1.29 is 9.47 Å². The van der Waals surface area contributed by atoms with E-state index >= 15 is 0 Å². The van der Waals surface area contributed by atoms with Gasteiger partial charge in [0.15, 0.2) is 11.5 Å². The van der Waals surface area contributed by atoms with Crippen LogP contribution in [0.15, 0.2) is 36.5 Å². The van der Waals surface area contributed by atoms with Crippen LogP contribution in [-0.2, 0) is 5.79 Å². The van der Waals surface area contributed by atoms with Crippen molar-refractivity contribution in [2.45, 2.75) is 18.6 Å². The number of hydrogen-bond acceptors (Lipinski definition) is 4. The van der Waals surface area contributed by atoms with E-state index in [2.05, 4.69) is 22.4 Å². The Kier molecular flexibility index (Phi) is 2.74. The number of piperidine rings is 1. The van der Waals surface area contributed by atoms with Crippen molar-refractivity contribution in [3.8, 4) is 11.5 Å². The smallest absolute Gasteiger partial charge is 0.292 e. The van der Waals surface area contributed by atoms with Gasteiger partial charge in [0.25, 0.3) is 5.79 Å². The van der Waals surface area contributed by atoms with Gasteiger partial charge in [0.05, 0.1) is 5.02 Å². The molecule has 1 aliphatic carbocycles. The van der Waals surface area contributed by atoms with Gasteiger partial charge in [0.1, 0.15) is 5.69 Å². The van der Waals surface area contributed by atoms with Crippen LogP contribution >= 0.6 is 11.6 Å². The summed E-state index contributed by atoms with van der Waals surface area (Å²) in [6.45, 7) is 4.12. The number of para-hydroxylation sites is 1. The van der Waals surface area contributed by atoms with E-state index in [0.29, 0.717) is 10.9 Å². The molecule has 0 spiro atoms. The van der Waals surface area contributed by atoms with Crippen molar-refractivity contribution in [2.24, 2.45) is 11.8 Å². The lowest BCUT2D eigenvalue weighted by atomic mass is 10.1. The molecule has 3 heterocycles. The van der Waals surface area contributed by atoms with E-state index in [4.69, 9.17) is 21.1 Å². The molecule has 1 aromatic heterocycles. The number of aromatic nitrogens is 1. The Balaban J connectivity index is 1.50. The summed E-state index contributed by atoms with van der Waals surface area (Å²) in [7, 11) is 0. The fraction of sp³-hybridized carbons (Fsp3) is 0.389. The predicted molar refractivity (Wildman–Crippen MR) is 86.9 cm³/mol. The molecule has 118 valence electrons. The SMILES string of the molecule is CC1(c2ccc(Cl)cn2)Oc2cccc(C3C4CNCC43)c2O1. The third-order valence-corrected chi connectivity index (χ3v) is 5.48. The molecule has 0 amide bonds. The van der Waals surface area contributed by atoms with E-state index in [9.17, 15) is 0 Å². The van der Waals surface area contributed by atoms with Crippen molar-refractivity contribution in [2.75, 3.05) is 13.1 Å². The molecule has 1 saturated heterocycles. The minimum atomic E-state index is -0.898. The summed E-state index contributed by atoms with van der Waals surface area (Å²) >= 11 is 5.93. The molecular formula is C18H17ClN2O2. The van der Waals surface area contributed by atoms with Crippen LogP contribution in [0.1, 0.15) is 24.1 Å². The van der Waals surface area contributed by atoms with Gasteiger partial charge in [-0.2, -0.15) is 0 Å². The summed E-state index contributed by atoms with van der Waals surface area (Å²) in [5, 5.41) is 4.05. The maximum atomic E-state index is 6.27. The Morgan fingerprint density at radius 3 is 2.74 bits per heavy atom. The number of rotatable bonds is 2. The summed E-state index contributed by atoms with van der Waals surface area (Å²) in [4.78, 5) is 4.37. The number of fused-ring (bicyclic) bond motifs is 2. The lowest BCUT2D eigenvalue weighted by Gasteiger charge is -2.22. The van der Waals surface area contributed by atoms with Crippen LogP contribution in [0, 0.1) is 11.8 Å². The normalized spacial score (nSPS) is 33.6. The van der Waals surface area contributed by atoms with Gasteiger partial charge in [-0.1, -0.05) is 23.7 Å². The lowest BCUT2D eigenvalue weighted by molar-refractivity contribution is -0.0721. The first-order valence-corrected chi connectivity index (χ1v) is 8.37. The summed E-state index contributed by atoms with van der Waals surface area (Å²) in [5.74, 6) is 2.86. The number of halogens is 1. The highest BCUT2D eigenvalue weighted by atomic mass is 35.5. The number of benzene rings is 1. The molecule has 3 unspecified atom stereocenters. The van der Waals surface area contributed by atoms with Gasteiger partial charge in [-0.3, -0.25) is 4.98 Å². The third-order valence-electron chi connectivity index (χ3n) is 5.25. The summed E-state index contributed by atoms with van der Waals surface area (Å²) in [5.41, 5.74) is 2.00. The molecule has 1 N–H and O–H groups in total. The second-order valence-electron chi connectivity index (χ2n) is 6.70. The third kappa shape index (κ3) is 1.98. The van der Waals surface area contributed by atoms with Crippen LogP contribution in [0.2, 0.25) is 5.02 Å². The van der Waals surface area contributed by atoms with Gasteiger partial charge < -0.3 is 14.8 Å². The van der Waals surface area contributed by atoms with Gasteiger partial charge in [-0.15, -0.1) is 0 Å². The van der Waals surface area contributed by atoms with Crippen molar-refractivity contribution in [1.29, 1.82) is 0 Å². The second kappa shape index (κ2) is 4.62. The molecular weight excluding hydrogens is 312 g/mol. The molecule has 2 aliphatic heterocycles. The lowest BCUT2D eigenvalue weighted by Crippen LogP contribution is -2.32. The average Bonchev–Trinajstić information content (AvgIpc) is 2.89. The first-order chi connectivity index (χ1) is 11.2. The monoisotopic (exact) mass is 328 g/mol. The van der Waals surface area contributed by atoms with Crippen LogP contribution in [0.4, 0.5) is 0 Å². The average molecular weight is 329 g/mol. The minimum absolute atomic E-state index is 0.593. The Hall–Kier alpha value is -1.78. The van der Waals surface area contributed by atoms with Crippen LogP contribution in [0.25, 0.3) is 0 Å². The Morgan fingerprint density at radius 2 is 2.00 bits per heavy atom. The van der Waals surface area contributed by atoms with Crippen LogP contribution in [0.5, 0.6) is 11.5 Å². The van der Waals surface area contributed by atoms with Crippen LogP contribution in [-0.4, -0.2) is 18.1 Å². The molecule has 0 bridgehead atoms. The topological polar surface area (TPSA) is 43.4 Å². The van der Waals surface area contributed by atoms with Crippen molar-refractivity contribution in [1.82, 2.24) is 10.3 Å². The molecule has 4 nitrogen and oxygen atoms in total. The van der Waals surface area contributed by atoms with E-state index < -0.39 is 5.79 Å². The minimum Gasteiger partial charge on any atom is -0.443 e. The maximum absolute atomic E-state index is 6.27. The highest BCUT2D eigenvalue weighted by Crippen LogP contribution is 2.60. The summed E-state index contributed by atoms with van der Waals surface area (Å²) < 4.78 is 12.4. The molecule has 2 aromatic rings. The second-order valence-corrected chi connectivity index (χ2v) is 7.13. The molecule has 2 fully saturated rings. The zero-order valence-corrected chi connectivity index (χ0v) is 13.5. The maximum Gasteiger partial charge on any atom is 0.292 e. The van der Waals surface area contributed by atoms with Gasteiger partial charge in [0, 0.05) is 18.7 Å². The van der Waals surface area contributed by atoms with E-state index in [1.165, 1.54) is 5.56 Å². The van der Waals surface area contributed by atoms with Gasteiger partial charge >= 0.3 is 0 Å². The highest BCUT2D eigenvalue weighted by molar-refractivity contribution is 6.30. The van der Waals surface area contributed by atoms with Crippen LogP contribution in [0.3, 0.4) is 0 Å². The zero-order chi connectivity index (χ0) is 15.6. The Bertz CT molecular complexity index is 769. The van der Waals surface area contributed by atoms with Crippen molar-refractivity contribution >= 4 is 11.6 Å². The number of nitrogens with one attached hydrogen (secondary N) is 1. The molecule has 3 aliphatic rings. The van der Waals surface area contributed by atoms with E-state index in [-0.39, 0.29) is 0 Å². The quantitative estimate of drug-likeness (QED) is 0.918. The predicted octanol–water partition coefficient (Wildman–Crippen LogP) is 3.31. The molecule has 0 radical (unpaired) electrons. The number of hydrogen-bond donors (Lipinski definition) is 1. The fourth-order valence-corrected chi connectivity index (χ4v) is 4.15. The van der Waals surface area contributed by atoms with E-state index in [0.717, 1.165) is 42.1 Å². The Labute approximate surface area is 139 Å². The summed E-state index contributed by atoms with van der Waals surface area (Å²) in [6.07, 6.45) is 1.62. The highest BCUT2D eigenvalue weighted by Gasteiger charge is 2.55. The molecule has 3 atom stereocenters. The molecule has 23 heavy (non-hydrogen) atoms. The van der Waals surface area contributed by atoms with Gasteiger partial charge in [0.2, 0.25) is 0 Å². The zero-order valence-electron chi connectivity index (χ0n) is 12.8. The van der Waals surface area contributed by atoms with Gasteiger partial charge in [-0.05, 0) is 49.0 Å². The molecule has 1 aromatic carbocycles. The van der Waals surface area contributed by atoms with Crippen LogP contribution < -0.4 is 14.8 Å². The van der Waals surface area contributed by atoms with E-state index in [1.807, 2.05) is 25.1 Å². The summed E-state index contributed by atoms with van der Waals surface area (Å²) in [6, 6.07) is 9.86. The first kappa shape index (κ1) is 13.6. The van der Waals surface area contributed by atoms with Crippen molar-refractivity contribution in [3.05, 3.63) is 52.8 Å². The molecule has 1 saturated carbocycles.